The first kappa shape index (κ1) is 27.6. The molecule has 0 aliphatic rings. The van der Waals surface area contributed by atoms with Gasteiger partial charge < -0.3 is 18.9 Å². The number of hydrogen-bond donors (Lipinski definition) is 0. The van der Waals surface area contributed by atoms with Gasteiger partial charge in [0.1, 0.15) is 22.6 Å². The van der Waals surface area contributed by atoms with Crippen LogP contribution in [-0.2, 0) is 19.1 Å². The summed E-state index contributed by atoms with van der Waals surface area (Å²) in [5, 5.41) is 0. The maximum atomic E-state index is 12.1. The zero-order chi connectivity index (χ0) is 25.5. The fourth-order valence-corrected chi connectivity index (χ4v) is 3.28. The molecular weight excluding hydrogens is 452 g/mol. The van der Waals surface area contributed by atoms with Crippen LogP contribution in [0, 0.1) is 0 Å². The highest BCUT2D eigenvalue weighted by molar-refractivity contribution is 5.94. The van der Waals surface area contributed by atoms with Crippen molar-refractivity contribution >= 4 is 23.9 Å². The van der Waals surface area contributed by atoms with E-state index >= 15 is 0 Å². The van der Waals surface area contributed by atoms with E-state index < -0.39 is 23.9 Å². The SMILES string of the molecule is CCOC(=O)c1ccccc1OC(=O)CCCCCCCC(=O)Oc1ccccc1C(=O)OCC. The molecular formula is C27H32O8. The summed E-state index contributed by atoms with van der Waals surface area (Å²) in [5.74, 6) is -1.49. The molecule has 0 heterocycles. The minimum Gasteiger partial charge on any atom is -0.462 e. The molecule has 0 saturated heterocycles. The van der Waals surface area contributed by atoms with Gasteiger partial charge in [-0.1, -0.05) is 43.5 Å². The number of ether oxygens (including phenoxy) is 4. The van der Waals surface area contributed by atoms with Gasteiger partial charge in [-0.3, -0.25) is 9.59 Å². The number of esters is 4. The van der Waals surface area contributed by atoms with Crippen LogP contribution in [0.3, 0.4) is 0 Å². The van der Waals surface area contributed by atoms with Crippen molar-refractivity contribution in [2.24, 2.45) is 0 Å². The van der Waals surface area contributed by atoms with E-state index in [0.29, 0.717) is 12.8 Å². The van der Waals surface area contributed by atoms with Crippen LogP contribution >= 0.6 is 0 Å². The average molecular weight is 485 g/mol. The lowest BCUT2D eigenvalue weighted by atomic mass is 10.1. The van der Waals surface area contributed by atoms with Crippen LogP contribution in [-0.4, -0.2) is 37.1 Å². The Morgan fingerprint density at radius 1 is 0.571 bits per heavy atom. The maximum Gasteiger partial charge on any atom is 0.341 e. The average Bonchev–Trinajstić information content (AvgIpc) is 2.84. The monoisotopic (exact) mass is 484 g/mol. The number of unbranched alkanes of at least 4 members (excludes halogenated alkanes) is 4. The van der Waals surface area contributed by atoms with E-state index in [0.717, 1.165) is 19.3 Å². The standard InChI is InChI=1S/C27H32O8/c1-3-32-26(30)20-14-10-12-16-22(20)34-24(28)18-8-6-5-7-9-19-25(29)35-23-17-13-11-15-21(23)27(31)33-4-2/h10-17H,3-9,18-19H2,1-2H3. The molecule has 0 aromatic heterocycles. The van der Waals surface area contributed by atoms with Crippen molar-refractivity contribution < 1.29 is 38.1 Å². The topological polar surface area (TPSA) is 105 Å². The third kappa shape index (κ3) is 9.60. The molecule has 2 aromatic rings. The molecule has 8 heteroatoms. The highest BCUT2D eigenvalue weighted by Crippen LogP contribution is 2.21. The number of hydrogen-bond acceptors (Lipinski definition) is 8. The molecule has 35 heavy (non-hydrogen) atoms. The lowest BCUT2D eigenvalue weighted by molar-refractivity contribution is -0.135. The first-order chi connectivity index (χ1) is 17.0. The fraction of sp³-hybridized carbons (Fsp3) is 0.407. The first-order valence-electron chi connectivity index (χ1n) is 11.9. The van der Waals surface area contributed by atoms with Crippen molar-refractivity contribution in [2.45, 2.75) is 58.8 Å². The Labute approximate surface area is 205 Å². The van der Waals surface area contributed by atoms with Crippen molar-refractivity contribution in [3.8, 4) is 11.5 Å². The van der Waals surface area contributed by atoms with E-state index in [4.69, 9.17) is 18.9 Å². The van der Waals surface area contributed by atoms with Gasteiger partial charge in [0.25, 0.3) is 0 Å². The summed E-state index contributed by atoms with van der Waals surface area (Å²) < 4.78 is 20.6. The Bertz CT molecular complexity index is 919. The quantitative estimate of drug-likeness (QED) is 0.203. The fourth-order valence-electron chi connectivity index (χ4n) is 3.28. The van der Waals surface area contributed by atoms with Gasteiger partial charge >= 0.3 is 23.9 Å². The number of carbonyl (C=O) groups excluding carboxylic acids is 4. The second-order valence-corrected chi connectivity index (χ2v) is 7.65. The van der Waals surface area contributed by atoms with Gasteiger partial charge in [-0.05, 0) is 51.0 Å². The van der Waals surface area contributed by atoms with Crippen LogP contribution in [0.1, 0.15) is 79.5 Å². The summed E-state index contributed by atoms with van der Waals surface area (Å²) in [6, 6.07) is 13.0. The molecule has 2 rings (SSSR count). The highest BCUT2D eigenvalue weighted by Gasteiger charge is 2.17. The molecule has 8 nitrogen and oxygen atoms in total. The molecule has 0 aliphatic heterocycles. The molecule has 0 bridgehead atoms. The van der Waals surface area contributed by atoms with Crippen LogP contribution in [0.2, 0.25) is 0 Å². The summed E-state index contributed by atoms with van der Waals surface area (Å²) in [4.78, 5) is 48.2. The molecule has 0 radical (unpaired) electrons. The Balaban J connectivity index is 1.64. The van der Waals surface area contributed by atoms with E-state index in [2.05, 4.69) is 0 Å². The summed E-state index contributed by atoms with van der Waals surface area (Å²) in [5.41, 5.74) is 0.443. The van der Waals surface area contributed by atoms with Crippen LogP contribution in [0.5, 0.6) is 11.5 Å². The van der Waals surface area contributed by atoms with Crippen LogP contribution in [0.15, 0.2) is 48.5 Å². The molecule has 0 atom stereocenters. The lowest BCUT2D eigenvalue weighted by Crippen LogP contribution is -2.12. The highest BCUT2D eigenvalue weighted by atomic mass is 16.6. The van der Waals surface area contributed by atoms with E-state index in [9.17, 15) is 19.2 Å². The second-order valence-electron chi connectivity index (χ2n) is 7.65. The predicted octanol–water partition coefficient (Wildman–Crippen LogP) is 5.28. The van der Waals surface area contributed by atoms with Gasteiger partial charge in [0, 0.05) is 12.8 Å². The van der Waals surface area contributed by atoms with Gasteiger partial charge in [-0.15, -0.1) is 0 Å². The Morgan fingerprint density at radius 2 is 0.943 bits per heavy atom. The molecule has 0 fully saturated rings. The van der Waals surface area contributed by atoms with Gasteiger partial charge in [0.2, 0.25) is 0 Å². The number of carbonyl (C=O) groups is 4. The maximum absolute atomic E-state index is 12.1. The summed E-state index contributed by atoms with van der Waals surface area (Å²) >= 11 is 0. The van der Waals surface area contributed by atoms with E-state index in [1.165, 1.54) is 0 Å². The van der Waals surface area contributed by atoms with E-state index in [1.54, 1.807) is 62.4 Å². The molecule has 0 N–H and O–H groups in total. The normalized spacial score (nSPS) is 10.3. The molecule has 0 amide bonds. The van der Waals surface area contributed by atoms with Crippen molar-refractivity contribution in [3.63, 3.8) is 0 Å². The predicted molar refractivity (Wildman–Crippen MR) is 128 cm³/mol. The Hall–Kier alpha value is -3.68. The molecule has 188 valence electrons. The largest absolute Gasteiger partial charge is 0.462 e. The minimum atomic E-state index is -0.529. The van der Waals surface area contributed by atoms with Crippen LogP contribution < -0.4 is 9.47 Å². The zero-order valence-corrected chi connectivity index (χ0v) is 20.2. The smallest absolute Gasteiger partial charge is 0.341 e. The molecule has 2 aromatic carbocycles. The lowest BCUT2D eigenvalue weighted by Gasteiger charge is -2.09. The Morgan fingerprint density at radius 3 is 1.34 bits per heavy atom. The van der Waals surface area contributed by atoms with Gasteiger partial charge in [-0.2, -0.15) is 0 Å². The second kappa shape index (κ2) is 15.3. The molecule has 0 spiro atoms. The van der Waals surface area contributed by atoms with E-state index in [1.807, 2.05) is 0 Å². The van der Waals surface area contributed by atoms with Gasteiger partial charge in [0.05, 0.1) is 13.2 Å². The van der Waals surface area contributed by atoms with Crippen molar-refractivity contribution in [1.82, 2.24) is 0 Å². The number of para-hydroxylation sites is 2. The minimum absolute atomic E-state index is 0.194. The van der Waals surface area contributed by atoms with Crippen molar-refractivity contribution in [2.75, 3.05) is 13.2 Å². The van der Waals surface area contributed by atoms with Gasteiger partial charge in [0.15, 0.2) is 0 Å². The van der Waals surface area contributed by atoms with Crippen LogP contribution in [0.4, 0.5) is 0 Å². The molecule has 0 unspecified atom stereocenters. The third-order valence-corrected chi connectivity index (χ3v) is 4.97. The summed E-state index contributed by atoms with van der Waals surface area (Å²) in [7, 11) is 0. The number of rotatable bonds is 14. The third-order valence-electron chi connectivity index (χ3n) is 4.97. The van der Waals surface area contributed by atoms with Crippen molar-refractivity contribution in [1.29, 1.82) is 0 Å². The molecule has 0 saturated carbocycles. The van der Waals surface area contributed by atoms with E-state index in [-0.39, 0.29) is 48.7 Å². The summed E-state index contributed by atoms with van der Waals surface area (Å²) in [6.07, 6.45) is 4.17. The molecule has 0 aliphatic carbocycles. The zero-order valence-electron chi connectivity index (χ0n) is 20.2. The van der Waals surface area contributed by atoms with Crippen LogP contribution in [0.25, 0.3) is 0 Å². The summed E-state index contributed by atoms with van der Waals surface area (Å²) in [6.45, 7) is 3.89. The van der Waals surface area contributed by atoms with Crippen molar-refractivity contribution in [3.05, 3.63) is 59.7 Å². The van der Waals surface area contributed by atoms with Gasteiger partial charge in [-0.25, -0.2) is 9.59 Å². The Kier molecular flexibility index (Phi) is 12.0. The first-order valence-corrected chi connectivity index (χ1v) is 11.9. The number of benzene rings is 2.